The Morgan fingerprint density at radius 1 is 1.06 bits per heavy atom. The van der Waals surface area contributed by atoms with Crippen LogP contribution in [0.5, 0.6) is 0 Å². The van der Waals surface area contributed by atoms with E-state index in [0.717, 1.165) is 34.2 Å². The average molecular weight is 424 g/mol. The molecular formula is C23H19F3N4O. The summed E-state index contributed by atoms with van der Waals surface area (Å²) in [5, 5.41) is 7.79. The highest BCUT2D eigenvalue weighted by Crippen LogP contribution is 2.31. The van der Waals surface area contributed by atoms with Gasteiger partial charge < -0.3 is 5.32 Å². The van der Waals surface area contributed by atoms with E-state index in [9.17, 15) is 18.0 Å². The number of amides is 1. The van der Waals surface area contributed by atoms with Crippen molar-refractivity contribution < 1.29 is 18.0 Å². The van der Waals surface area contributed by atoms with E-state index in [2.05, 4.69) is 21.5 Å². The number of carbonyl (C=O) groups is 1. The Morgan fingerprint density at radius 3 is 2.58 bits per heavy atom. The molecule has 0 saturated heterocycles. The number of fused-ring (bicyclic) bond motifs is 1. The van der Waals surface area contributed by atoms with Gasteiger partial charge in [0.2, 0.25) is 5.91 Å². The van der Waals surface area contributed by atoms with Crippen LogP contribution in [0.4, 0.5) is 18.9 Å². The number of hydrogen-bond donors (Lipinski definition) is 1. The molecule has 31 heavy (non-hydrogen) atoms. The minimum atomic E-state index is -4.48. The van der Waals surface area contributed by atoms with Crippen LogP contribution >= 0.6 is 0 Å². The Hall–Kier alpha value is -3.68. The van der Waals surface area contributed by atoms with Crippen molar-refractivity contribution in [1.29, 1.82) is 0 Å². The molecule has 2 aromatic carbocycles. The lowest BCUT2D eigenvalue weighted by molar-refractivity contribution is -0.137. The fraction of sp³-hybridized carbons (Fsp3) is 0.174. The van der Waals surface area contributed by atoms with E-state index in [1.807, 2.05) is 38.1 Å². The summed E-state index contributed by atoms with van der Waals surface area (Å²) in [6.07, 6.45) is -2.82. The molecule has 2 heterocycles. The van der Waals surface area contributed by atoms with Gasteiger partial charge in [0.1, 0.15) is 6.54 Å². The number of nitrogens with one attached hydrogen (secondary N) is 1. The summed E-state index contributed by atoms with van der Waals surface area (Å²) < 4.78 is 40.2. The van der Waals surface area contributed by atoms with Crippen molar-refractivity contribution in [2.45, 2.75) is 26.6 Å². The second-order valence-electron chi connectivity index (χ2n) is 7.30. The summed E-state index contributed by atoms with van der Waals surface area (Å²) in [4.78, 5) is 16.9. The lowest BCUT2D eigenvalue weighted by Crippen LogP contribution is -2.20. The number of anilines is 1. The third-order valence-electron chi connectivity index (χ3n) is 4.90. The highest BCUT2D eigenvalue weighted by Gasteiger charge is 2.30. The van der Waals surface area contributed by atoms with Crippen LogP contribution in [0.3, 0.4) is 0 Å². The maximum atomic E-state index is 12.9. The van der Waals surface area contributed by atoms with Crippen LogP contribution in [0.1, 0.15) is 16.8 Å². The number of alkyl halides is 3. The summed E-state index contributed by atoms with van der Waals surface area (Å²) in [6, 6.07) is 14.5. The van der Waals surface area contributed by atoms with Gasteiger partial charge in [-0.15, -0.1) is 0 Å². The second kappa shape index (κ2) is 7.86. The predicted octanol–water partition coefficient (Wildman–Crippen LogP) is 5.37. The van der Waals surface area contributed by atoms with Crippen LogP contribution in [0.2, 0.25) is 0 Å². The van der Waals surface area contributed by atoms with E-state index in [0.29, 0.717) is 11.3 Å². The Morgan fingerprint density at radius 2 is 1.84 bits per heavy atom. The largest absolute Gasteiger partial charge is 0.416 e. The number of aryl methyl sites for hydroxylation is 2. The second-order valence-corrected chi connectivity index (χ2v) is 7.30. The first-order chi connectivity index (χ1) is 14.7. The minimum Gasteiger partial charge on any atom is -0.324 e. The molecule has 0 atom stereocenters. The molecule has 0 unspecified atom stereocenters. The lowest BCUT2D eigenvalue weighted by atomic mass is 10.0. The Bertz CT molecular complexity index is 1280. The average Bonchev–Trinajstić information content (AvgIpc) is 3.03. The molecule has 8 heteroatoms. The quantitative estimate of drug-likeness (QED) is 0.479. The number of rotatable bonds is 4. The minimum absolute atomic E-state index is 0.0708. The molecule has 0 aliphatic heterocycles. The molecule has 1 amide bonds. The van der Waals surface area contributed by atoms with Crippen molar-refractivity contribution in [2.75, 3.05) is 5.32 Å². The van der Waals surface area contributed by atoms with Crippen LogP contribution in [-0.4, -0.2) is 20.7 Å². The van der Waals surface area contributed by atoms with E-state index in [-0.39, 0.29) is 12.2 Å². The molecule has 4 aromatic rings. The van der Waals surface area contributed by atoms with Crippen LogP contribution in [0.15, 0.2) is 60.8 Å². The van der Waals surface area contributed by atoms with Gasteiger partial charge in [0.25, 0.3) is 0 Å². The van der Waals surface area contributed by atoms with Gasteiger partial charge in [0.05, 0.1) is 11.3 Å². The van der Waals surface area contributed by atoms with Crippen LogP contribution in [0, 0.1) is 13.8 Å². The van der Waals surface area contributed by atoms with Gasteiger partial charge in [0, 0.05) is 17.3 Å². The third-order valence-corrected chi connectivity index (χ3v) is 4.90. The van der Waals surface area contributed by atoms with Gasteiger partial charge in [0.15, 0.2) is 5.65 Å². The summed E-state index contributed by atoms with van der Waals surface area (Å²) in [5.74, 6) is -0.494. The van der Waals surface area contributed by atoms with Crippen LogP contribution in [0.25, 0.3) is 22.2 Å². The molecule has 0 spiro atoms. The number of aromatic nitrogens is 3. The summed E-state index contributed by atoms with van der Waals surface area (Å²) in [5.41, 5.74) is 3.59. The first-order valence-corrected chi connectivity index (χ1v) is 9.58. The number of benzene rings is 2. The SMILES string of the molecule is Cc1cccc(-c2ccnc3c2c(C)nn3CC(=O)Nc2cccc(C(F)(F)F)c2)c1. The maximum absolute atomic E-state index is 12.9. The predicted molar refractivity (Wildman–Crippen MR) is 113 cm³/mol. The van der Waals surface area contributed by atoms with E-state index in [1.54, 1.807) is 6.20 Å². The first-order valence-electron chi connectivity index (χ1n) is 9.58. The van der Waals surface area contributed by atoms with Gasteiger partial charge in [-0.05, 0) is 49.2 Å². The van der Waals surface area contributed by atoms with Crippen LogP contribution < -0.4 is 5.32 Å². The number of pyridine rings is 1. The molecule has 1 N–H and O–H groups in total. The summed E-state index contributed by atoms with van der Waals surface area (Å²) in [7, 11) is 0. The zero-order valence-electron chi connectivity index (χ0n) is 16.9. The van der Waals surface area contributed by atoms with Crippen LogP contribution in [-0.2, 0) is 17.5 Å². The van der Waals surface area contributed by atoms with Gasteiger partial charge in [-0.3, -0.25) is 4.79 Å². The van der Waals surface area contributed by atoms with E-state index < -0.39 is 17.6 Å². The van der Waals surface area contributed by atoms with E-state index in [1.165, 1.54) is 16.8 Å². The normalized spacial score (nSPS) is 11.6. The first kappa shape index (κ1) is 20.6. The molecule has 158 valence electrons. The van der Waals surface area contributed by atoms with Crippen molar-refractivity contribution in [2.24, 2.45) is 0 Å². The Labute approximate surface area is 176 Å². The zero-order chi connectivity index (χ0) is 22.2. The van der Waals surface area contributed by atoms with E-state index >= 15 is 0 Å². The summed E-state index contributed by atoms with van der Waals surface area (Å²) >= 11 is 0. The zero-order valence-corrected chi connectivity index (χ0v) is 16.9. The Balaban J connectivity index is 1.63. The molecule has 0 radical (unpaired) electrons. The van der Waals surface area contributed by atoms with E-state index in [4.69, 9.17) is 0 Å². The molecular weight excluding hydrogens is 405 g/mol. The number of carbonyl (C=O) groups excluding carboxylic acids is 1. The van der Waals surface area contributed by atoms with Gasteiger partial charge in [-0.1, -0.05) is 35.9 Å². The van der Waals surface area contributed by atoms with Crippen molar-refractivity contribution in [1.82, 2.24) is 14.8 Å². The molecule has 5 nitrogen and oxygen atoms in total. The molecule has 2 aromatic heterocycles. The fourth-order valence-corrected chi connectivity index (χ4v) is 3.55. The highest BCUT2D eigenvalue weighted by atomic mass is 19.4. The number of hydrogen-bond acceptors (Lipinski definition) is 3. The summed E-state index contributed by atoms with van der Waals surface area (Å²) in [6.45, 7) is 3.67. The molecule has 0 aliphatic carbocycles. The molecule has 0 saturated carbocycles. The molecule has 0 aliphatic rings. The molecule has 0 bridgehead atoms. The highest BCUT2D eigenvalue weighted by molar-refractivity contribution is 5.96. The van der Waals surface area contributed by atoms with Gasteiger partial charge in [-0.25, -0.2) is 9.67 Å². The van der Waals surface area contributed by atoms with Crippen molar-refractivity contribution in [3.05, 3.63) is 77.6 Å². The van der Waals surface area contributed by atoms with Crippen molar-refractivity contribution >= 4 is 22.6 Å². The molecule has 0 fully saturated rings. The van der Waals surface area contributed by atoms with Gasteiger partial charge >= 0.3 is 6.18 Å². The van der Waals surface area contributed by atoms with Crippen molar-refractivity contribution in [3.8, 4) is 11.1 Å². The van der Waals surface area contributed by atoms with Crippen molar-refractivity contribution in [3.63, 3.8) is 0 Å². The smallest absolute Gasteiger partial charge is 0.324 e. The van der Waals surface area contributed by atoms with Gasteiger partial charge in [-0.2, -0.15) is 18.3 Å². The third kappa shape index (κ3) is 4.28. The topological polar surface area (TPSA) is 59.8 Å². The maximum Gasteiger partial charge on any atom is 0.416 e. The number of nitrogens with zero attached hydrogens (tertiary/aromatic N) is 3. The fourth-order valence-electron chi connectivity index (χ4n) is 3.55. The number of halogens is 3. The standard InChI is InChI=1S/C23H19F3N4O/c1-14-5-3-6-16(11-14)19-9-10-27-22-21(19)15(2)29-30(22)13-20(31)28-18-8-4-7-17(12-18)23(24,25)26/h3-12H,13H2,1-2H3,(H,28,31). The lowest BCUT2D eigenvalue weighted by Gasteiger charge is -2.10. The Kier molecular flexibility index (Phi) is 5.22. The monoisotopic (exact) mass is 424 g/mol. The molecule has 4 rings (SSSR count).